The highest BCUT2D eigenvalue weighted by Gasteiger charge is 2.29. The van der Waals surface area contributed by atoms with Crippen LogP contribution in [0, 0.1) is 0 Å². The molecule has 0 radical (unpaired) electrons. The highest BCUT2D eigenvalue weighted by atomic mass is 16.6. The third-order valence-corrected chi connectivity index (χ3v) is 2.13. The van der Waals surface area contributed by atoms with Crippen LogP contribution in [0.1, 0.15) is 24.9 Å². The lowest BCUT2D eigenvalue weighted by atomic mass is 10.1. The lowest BCUT2D eigenvalue weighted by molar-refractivity contribution is -0.135. The molecule has 0 aromatic heterocycles. The zero-order valence-corrected chi connectivity index (χ0v) is 7.93. The van der Waals surface area contributed by atoms with Gasteiger partial charge >= 0.3 is 5.97 Å². The summed E-state index contributed by atoms with van der Waals surface area (Å²) in [6.07, 6.45) is 0.662. The summed E-state index contributed by atoms with van der Waals surface area (Å²) in [4.78, 5) is 15.6. The first kappa shape index (κ1) is 8.94. The molecule has 1 aliphatic rings. The summed E-state index contributed by atoms with van der Waals surface area (Å²) < 4.78 is 4.99. The molecule has 3 heteroatoms. The van der Waals surface area contributed by atoms with Gasteiger partial charge in [0, 0.05) is 6.42 Å². The molecule has 2 rings (SSSR count). The van der Waals surface area contributed by atoms with E-state index in [-0.39, 0.29) is 5.97 Å². The second-order valence-electron chi connectivity index (χ2n) is 3.11. The largest absolute Gasteiger partial charge is 0.410 e. The molecule has 1 aromatic rings. The van der Waals surface area contributed by atoms with E-state index in [9.17, 15) is 4.79 Å². The summed E-state index contributed by atoms with van der Waals surface area (Å²) in [5, 5.41) is 0. The van der Waals surface area contributed by atoms with Gasteiger partial charge < -0.3 is 4.74 Å². The Kier molecular flexibility index (Phi) is 2.31. The quantitative estimate of drug-likeness (QED) is 0.668. The van der Waals surface area contributed by atoms with Crippen molar-refractivity contribution in [3.8, 4) is 0 Å². The van der Waals surface area contributed by atoms with Gasteiger partial charge in [-0.25, -0.2) is 9.79 Å². The van der Waals surface area contributed by atoms with Gasteiger partial charge in [0.25, 0.3) is 0 Å². The van der Waals surface area contributed by atoms with Gasteiger partial charge in [-0.2, -0.15) is 0 Å². The molecule has 1 heterocycles. The summed E-state index contributed by atoms with van der Waals surface area (Å²) >= 11 is 0. The monoisotopic (exact) mass is 189 g/mol. The maximum atomic E-state index is 11.4. The van der Waals surface area contributed by atoms with Gasteiger partial charge in [0.2, 0.25) is 0 Å². The fourth-order valence-electron chi connectivity index (χ4n) is 1.40. The minimum absolute atomic E-state index is 0.270. The molecule has 0 bridgehead atoms. The van der Waals surface area contributed by atoms with Gasteiger partial charge in [0.1, 0.15) is 0 Å². The van der Waals surface area contributed by atoms with Crippen molar-refractivity contribution >= 4 is 11.9 Å². The molecular formula is C11H11NO2. The van der Waals surface area contributed by atoms with E-state index >= 15 is 0 Å². The summed E-state index contributed by atoms with van der Waals surface area (Å²) in [5.41, 5.74) is 0.890. The predicted octanol–water partition coefficient (Wildman–Crippen LogP) is 2.09. The third kappa shape index (κ3) is 1.53. The van der Waals surface area contributed by atoms with Crippen molar-refractivity contribution in [1.82, 2.24) is 0 Å². The maximum Gasteiger partial charge on any atom is 0.342 e. The number of esters is 1. The Morgan fingerprint density at radius 2 is 2.07 bits per heavy atom. The summed E-state index contributed by atoms with van der Waals surface area (Å²) in [5.74, 6) is 0.261. The van der Waals surface area contributed by atoms with E-state index in [0.29, 0.717) is 12.3 Å². The van der Waals surface area contributed by atoms with Crippen molar-refractivity contribution < 1.29 is 9.53 Å². The van der Waals surface area contributed by atoms with Gasteiger partial charge in [-0.3, -0.25) is 0 Å². The minimum atomic E-state index is -0.453. The van der Waals surface area contributed by atoms with Crippen LogP contribution in [0.25, 0.3) is 0 Å². The van der Waals surface area contributed by atoms with Crippen LogP contribution in [0.2, 0.25) is 0 Å². The van der Waals surface area contributed by atoms with Gasteiger partial charge in [0.15, 0.2) is 11.9 Å². The van der Waals surface area contributed by atoms with E-state index in [1.165, 1.54) is 0 Å². The van der Waals surface area contributed by atoms with E-state index in [1.807, 2.05) is 37.3 Å². The number of cyclic esters (lactones) is 1. The van der Waals surface area contributed by atoms with Crippen LogP contribution in [-0.4, -0.2) is 11.9 Å². The minimum Gasteiger partial charge on any atom is -0.410 e. The van der Waals surface area contributed by atoms with Crippen LogP contribution in [0.15, 0.2) is 35.3 Å². The second-order valence-corrected chi connectivity index (χ2v) is 3.11. The Balaban J connectivity index is 2.28. The lowest BCUT2D eigenvalue weighted by Crippen LogP contribution is -2.07. The topological polar surface area (TPSA) is 38.7 Å². The zero-order valence-electron chi connectivity index (χ0n) is 7.93. The lowest BCUT2D eigenvalue weighted by Gasteiger charge is -2.01. The molecular weight excluding hydrogens is 178 g/mol. The number of ether oxygens (including phenoxy) is 1. The number of benzene rings is 1. The number of hydrogen-bond donors (Lipinski definition) is 0. The van der Waals surface area contributed by atoms with E-state index < -0.39 is 6.04 Å². The van der Waals surface area contributed by atoms with Crippen LogP contribution < -0.4 is 0 Å². The fraction of sp³-hybridized carbons (Fsp3) is 0.273. The number of nitrogens with zero attached hydrogens (tertiary/aromatic N) is 1. The van der Waals surface area contributed by atoms with Crippen molar-refractivity contribution in [1.29, 1.82) is 0 Å². The van der Waals surface area contributed by atoms with Gasteiger partial charge in [-0.15, -0.1) is 0 Å². The van der Waals surface area contributed by atoms with Gasteiger partial charge in [-0.1, -0.05) is 37.3 Å². The van der Waals surface area contributed by atoms with Crippen molar-refractivity contribution in [2.75, 3.05) is 0 Å². The van der Waals surface area contributed by atoms with Crippen LogP contribution in [0.4, 0.5) is 0 Å². The maximum absolute atomic E-state index is 11.4. The van der Waals surface area contributed by atoms with E-state index in [4.69, 9.17) is 4.74 Å². The normalized spacial score (nSPS) is 20.5. The average Bonchev–Trinajstić information content (AvgIpc) is 2.61. The molecule has 0 fully saturated rings. The summed E-state index contributed by atoms with van der Waals surface area (Å²) in [6.45, 7) is 1.92. The molecule has 1 aromatic carbocycles. The molecule has 0 aliphatic carbocycles. The number of carbonyl (C=O) groups excluding carboxylic acids is 1. The van der Waals surface area contributed by atoms with Crippen molar-refractivity contribution in [2.24, 2.45) is 4.99 Å². The molecule has 1 atom stereocenters. The van der Waals surface area contributed by atoms with Gasteiger partial charge in [0.05, 0.1) is 0 Å². The molecule has 0 saturated heterocycles. The van der Waals surface area contributed by atoms with Crippen molar-refractivity contribution in [3.63, 3.8) is 0 Å². The van der Waals surface area contributed by atoms with Crippen LogP contribution in [-0.2, 0) is 9.53 Å². The first-order valence-corrected chi connectivity index (χ1v) is 4.64. The first-order chi connectivity index (χ1) is 6.81. The average molecular weight is 189 g/mol. The Labute approximate surface area is 82.4 Å². The number of carbonyl (C=O) groups is 1. The third-order valence-electron chi connectivity index (χ3n) is 2.13. The second kappa shape index (κ2) is 3.62. The standard InChI is InChI=1S/C11H11NO2/c1-2-9-12-10(11(13)14-9)8-6-4-3-5-7-8/h3-7,10H,2H2,1H3. The van der Waals surface area contributed by atoms with Crippen LogP contribution in [0.5, 0.6) is 0 Å². The molecule has 0 saturated carbocycles. The fourth-order valence-corrected chi connectivity index (χ4v) is 1.40. The Morgan fingerprint density at radius 3 is 2.64 bits per heavy atom. The molecule has 1 aliphatic heterocycles. The summed E-state index contributed by atoms with van der Waals surface area (Å²) in [7, 11) is 0. The van der Waals surface area contributed by atoms with Gasteiger partial charge in [-0.05, 0) is 5.56 Å². The van der Waals surface area contributed by atoms with Crippen molar-refractivity contribution in [2.45, 2.75) is 19.4 Å². The number of hydrogen-bond acceptors (Lipinski definition) is 3. The smallest absolute Gasteiger partial charge is 0.342 e. The highest BCUT2D eigenvalue weighted by Crippen LogP contribution is 2.24. The van der Waals surface area contributed by atoms with Crippen LogP contribution in [0.3, 0.4) is 0 Å². The predicted molar refractivity (Wildman–Crippen MR) is 53.0 cm³/mol. The van der Waals surface area contributed by atoms with E-state index in [0.717, 1.165) is 5.56 Å². The molecule has 0 N–H and O–H groups in total. The Morgan fingerprint density at radius 1 is 1.36 bits per heavy atom. The molecule has 3 nitrogen and oxygen atoms in total. The Hall–Kier alpha value is -1.64. The molecule has 14 heavy (non-hydrogen) atoms. The SMILES string of the molecule is CCC1=NC(c2ccccc2)C(=O)O1. The Bertz CT molecular complexity index is 370. The zero-order chi connectivity index (χ0) is 9.97. The molecule has 72 valence electrons. The number of aliphatic imine (C=N–C) groups is 1. The molecule has 1 unspecified atom stereocenters. The first-order valence-electron chi connectivity index (χ1n) is 4.64. The van der Waals surface area contributed by atoms with E-state index in [2.05, 4.69) is 4.99 Å². The highest BCUT2D eigenvalue weighted by molar-refractivity contribution is 5.97. The van der Waals surface area contributed by atoms with Crippen LogP contribution >= 0.6 is 0 Å². The van der Waals surface area contributed by atoms with E-state index in [1.54, 1.807) is 0 Å². The number of rotatable bonds is 2. The molecule has 0 amide bonds. The van der Waals surface area contributed by atoms with Crippen molar-refractivity contribution in [3.05, 3.63) is 35.9 Å². The molecule has 0 spiro atoms. The summed E-state index contributed by atoms with van der Waals surface area (Å²) in [6, 6.07) is 9.01.